The molecule has 7 nitrogen and oxygen atoms in total. The first-order chi connectivity index (χ1) is 19.4. The lowest BCUT2D eigenvalue weighted by Gasteiger charge is -2.41. The van der Waals surface area contributed by atoms with Crippen molar-refractivity contribution in [3.05, 3.63) is 71.4 Å². The van der Waals surface area contributed by atoms with Crippen LogP contribution in [0.25, 0.3) is 10.8 Å². The monoisotopic (exact) mass is 539 g/mol. The zero-order valence-electron chi connectivity index (χ0n) is 24.1. The van der Waals surface area contributed by atoms with Gasteiger partial charge in [0.2, 0.25) is 5.91 Å². The van der Waals surface area contributed by atoms with Crippen molar-refractivity contribution >= 4 is 22.5 Å². The average Bonchev–Trinajstić information content (AvgIpc) is 3.38. The molecule has 0 saturated carbocycles. The van der Waals surface area contributed by atoms with Crippen molar-refractivity contribution < 1.29 is 9.53 Å². The number of nitrogens with zero attached hydrogens (tertiary/aromatic N) is 5. The van der Waals surface area contributed by atoms with Crippen molar-refractivity contribution in [1.82, 2.24) is 19.8 Å². The summed E-state index contributed by atoms with van der Waals surface area (Å²) in [4.78, 5) is 29.0. The third-order valence-corrected chi connectivity index (χ3v) is 9.17. The topological polar surface area (TPSA) is 61.8 Å². The molecule has 2 fully saturated rings. The molecule has 1 amide bonds. The van der Waals surface area contributed by atoms with E-state index in [4.69, 9.17) is 14.7 Å². The fourth-order valence-electron chi connectivity index (χ4n) is 6.94. The molecular formula is C33H41N5O2. The van der Waals surface area contributed by atoms with E-state index in [1.807, 2.05) is 4.90 Å². The van der Waals surface area contributed by atoms with Gasteiger partial charge in [0.05, 0.1) is 5.69 Å². The fourth-order valence-corrected chi connectivity index (χ4v) is 6.94. The van der Waals surface area contributed by atoms with Crippen LogP contribution in [0.1, 0.15) is 54.5 Å². The summed E-state index contributed by atoms with van der Waals surface area (Å²) in [5.74, 6) is 1.38. The van der Waals surface area contributed by atoms with Gasteiger partial charge in [-0.1, -0.05) is 48.5 Å². The molecule has 3 atom stereocenters. The second kappa shape index (κ2) is 11.2. The molecule has 2 aromatic carbocycles. The van der Waals surface area contributed by atoms with Crippen LogP contribution in [-0.4, -0.2) is 77.6 Å². The van der Waals surface area contributed by atoms with E-state index in [9.17, 15) is 4.79 Å². The molecule has 40 heavy (non-hydrogen) atoms. The summed E-state index contributed by atoms with van der Waals surface area (Å²) in [6.45, 7) is 11.8. The van der Waals surface area contributed by atoms with E-state index in [-0.39, 0.29) is 11.9 Å². The number of amides is 1. The smallest absolute Gasteiger partial charge is 0.318 e. The average molecular weight is 540 g/mol. The van der Waals surface area contributed by atoms with Gasteiger partial charge in [0.1, 0.15) is 12.4 Å². The maximum absolute atomic E-state index is 12.3. The Morgan fingerprint density at radius 3 is 2.77 bits per heavy atom. The first kappa shape index (κ1) is 26.8. The van der Waals surface area contributed by atoms with Crippen LogP contribution >= 0.6 is 0 Å². The minimum Gasteiger partial charge on any atom is -0.462 e. The van der Waals surface area contributed by atoms with Gasteiger partial charge in [-0.05, 0) is 87.9 Å². The van der Waals surface area contributed by atoms with Crippen LogP contribution in [0.3, 0.4) is 0 Å². The van der Waals surface area contributed by atoms with Crippen molar-refractivity contribution in [2.45, 2.75) is 64.0 Å². The van der Waals surface area contributed by atoms with E-state index >= 15 is 0 Å². The Labute approximate surface area is 237 Å². The van der Waals surface area contributed by atoms with Crippen molar-refractivity contribution in [3.8, 4) is 6.01 Å². The van der Waals surface area contributed by atoms with Crippen LogP contribution in [0.15, 0.2) is 49.1 Å². The zero-order valence-corrected chi connectivity index (χ0v) is 24.1. The molecule has 0 spiro atoms. The van der Waals surface area contributed by atoms with Gasteiger partial charge in [0.15, 0.2) is 0 Å². The highest BCUT2D eigenvalue weighted by atomic mass is 16.5. The summed E-state index contributed by atoms with van der Waals surface area (Å²) >= 11 is 0. The molecule has 0 N–H and O–H groups in total. The van der Waals surface area contributed by atoms with Crippen molar-refractivity contribution in [3.63, 3.8) is 0 Å². The summed E-state index contributed by atoms with van der Waals surface area (Å²) in [5, 5.41) is 2.64. The Morgan fingerprint density at radius 1 is 1.15 bits per heavy atom. The van der Waals surface area contributed by atoms with Crippen LogP contribution in [0.4, 0.5) is 5.82 Å². The van der Waals surface area contributed by atoms with Crippen LogP contribution in [0.5, 0.6) is 6.01 Å². The maximum atomic E-state index is 12.3. The lowest BCUT2D eigenvalue weighted by atomic mass is 9.80. The highest BCUT2D eigenvalue weighted by Gasteiger charge is 2.33. The summed E-state index contributed by atoms with van der Waals surface area (Å²) in [5.41, 5.74) is 5.07. The number of aromatic nitrogens is 2. The molecular weight excluding hydrogens is 498 g/mol. The van der Waals surface area contributed by atoms with Gasteiger partial charge in [-0.15, -0.1) is 0 Å². The van der Waals surface area contributed by atoms with E-state index in [2.05, 4.69) is 73.7 Å². The highest BCUT2D eigenvalue weighted by Crippen LogP contribution is 2.40. The van der Waals surface area contributed by atoms with E-state index in [0.717, 1.165) is 50.3 Å². The number of carbonyl (C=O) groups is 1. The predicted molar refractivity (Wildman–Crippen MR) is 160 cm³/mol. The van der Waals surface area contributed by atoms with Crippen LogP contribution < -0.4 is 9.64 Å². The third kappa shape index (κ3) is 5.19. The highest BCUT2D eigenvalue weighted by molar-refractivity contribution is 5.87. The second-order valence-corrected chi connectivity index (χ2v) is 11.9. The molecule has 0 radical (unpaired) electrons. The number of likely N-dealkylation sites (N-methyl/N-ethyl adjacent to an activating group) is 1. The van der Waals surface area contributed by atoms with Gasteiger partial charge in [0, 0.05) is 37.3 Å². The van der Waals surface area contributed by atoms with Crippen molar-refractivity contribution in [1.29, 1.82) is 0 Å². The first-order valence-corrected chi connectivity index (χ1v) is 14.8. The molecule has 3 aliphatic rings. The van der Waals surface area contributed by atoms with Crippen molar-refractivity contribution in [2.24, 2.45) is 0 Å². The molecule has 0 bridgehead atoms. The molecule has 2 aliphatic heterocycles. The predicted octanol–water partition coefficient (Wildman–Crippen LogP) is 4.91. The maximum Gasteiger partial charge on any atom is 0.318 e. The van der Waals surface area contributed by atoms with E-state index in [0.29, 0.717) is 37.7 Å². The van der Waals surface area contributed by atoms with Gasteiger partial charge < -0.3 is 19.4 Å². The lowest BCUT2D eigenvalue weighted by molar-refractivity contribution is -0.126. The number of ether oxygens (including phenoxy) is 1. The van der Waals surface area contributed by atoms with E-state index < -0.39 is 0 Å². The molecule has 3 heterocycles. The van der Waals surface area contributed by atoms with Crippen molar-refractivity contribution in [2.75, 3.05) is 44.7 Å². The summed E-state index contributed by atoms with van der Waals surface area (Å²) < 4.78 is 6.33. The van der Waals surface area contributed by atoms with E-state index in [1.54, 1.807) is 0 Å². The molecule has 7 heteroatoms. The van der Waals surface area contributed by atoms with Gasteiger partial charge in [-0.2, -0.15) is 9.97 Å². The normalized spacial score (nSPS) is 23.3. The molecule has 6 rings (SSSR count). The molecule has 210 valence electrons. The Balaban J connectivity index is 1.33. The number of benzene rings is 2. The fraction of sp³-hybridized carbons (Fsp3) is 0.485. The summed E-state index contributed by atoms with van der Waals surface area (Å²) in [6.07, 6.45) is 6.64. The van der Waals surface area contributed by atoms with Gasteiger partial charge in [-0.3, -0.25) is 4.79 Å². The number of carbonyl (C=O) groups excluding carboxylic acids is 1. The number of fused-ring (bicyclic) bond motifs is 2. The van der Waals surface area contributed by atoms with Gasteiger partial charge >= 0.3 is 6.01 Å². The Morgan fingerprint density at radius 2 is 2.00 bits per heavy atom. The molecule has 1 aliphatic carbocycles. The largest absolute Gasteiger partial charge is 0.462 e. The SMILES string of the molecule is C=CC(=O)N1CCN(c2nc(OC[C@@H]3CCCN3C)nc3c2CCC(c2cc(C)cc4ccccc24)C3)[C@@H](C)C1. The number of piperazine rings is 1. The minimum atomic E-state index is -0.00542. The number of anilines is 1. The molecule has 2 saturated heterocycles. The number of aryl methyl sites for hydroxylation is 1. The molecule has 1 aromatic heterocycles. The Bertz CT molecular complexity index is 1420. The Kier molecular flexibility index (Phi) is 7.49. The van der Waals surface area contributed by atoms with Crippen LogP contribution in [0, 0.1) is 6.92 Å². The third-order valence-electron chi connectivity index (χ3n) is 9.17. The van der Waals surface area contributed by atoms with Gasteiger partial charge in [-0.25, -0.2) is 0 Å². The molecule has 3 aromatic rings. The van der Waals surface area contributed by atoms with Crippen LogP contribution in [0.2, 0.25) is 0 Å². The standard InChI is InChI=1S/C33H41N5O2/c1-5-31(39)37-15-16-38(23(3)20-37)32-28-13-12-25(29-18-22(2)17-24-9-6-7-11-27(24)29)19-30(28)34-33(35-32)40-21-26-10-8-14-36(26)4/h5-7,9,11,17-18,23,25-26H,1,8,10,12-16,19-21H2,2-4H3/t23-,25?,26-/m0/s1. The van der Waals surface area contributed by atoms with Gasteiger partial charge in [0.25, 0.3) is 0 Å². The minimum absolute atomic E-state index is 0.00542. The first-order valence-electron chi connectivity index (χ1n) is 14.8. The van der Waals surface area contributed by atoms with Crippen LogP contribution in [-0.2, 0) is 17.6 Å². The number of hydrogen-bond donors (Lipinski definition) is 0. The quantitative estimate of drug-likeness (QED) is 0.415. The lowest BCUT2D eigenvalue weighted by Crippen LogP contribution is -2.54. The molecule has 1 unspecified atom stereocenters. The Hall–Kier alpha value is -3.45. The van der Waals surface area contributed by atoms with E-state index in [1.165, 1.54) is 40.0 Å². The summed E-state index contributed by atoms with van der Waals surface area (Å²) in [7, 11) is 2.17. The number of likely N-dealkylation sites (tertiary alicyclic amines) is 1. The second-order valence-electron chi connectivity index (χ2n) is 11.9. The summed E-state index contributed by atoms with van der Waals surface area (Å²) in [6, 6.07) is 14.4. The number of hydrogen-bond acceptors (Lipinski definition) is 6. The number of rotatable bonds is 6. The zero-order chi connectivity index (χ0) is 27.8.